The van der Waals surface area contributed by atoms with Gasteiger partial charge in [-0.2, -0.15) is 0 Å². The molecular formula is C14H18N2O3S2. The van der Waals surface area contributed by atoms with Crippen LogP contribution in [0.2, 0.25) is 0 Å². The van der Waals surface area contributed by atoms with E-state index < -0.39 is 10.0 Å². The van der Waals surface area contributed by atoms with Crippen LogP contribution in [0.4, 0.5) is 5.69 Å². The number of aryl methyl sites for hydroxylation is 1. The van der Waals surface area contributed by atoms with Crippen LogP contribution in [0.15, 0.2) is 40.6 Å². The summed E-state index contributed by atoms with van der Waals surface area (Å²) in [5.74, 6) is 0.624. The number of thiophene rings is 1. The van der Waals surface area contributed by atoms with Gasteiger partial charge in [0.1, 0.15) is 16.6 Å². The van der Waals surface area contributed by atoms with Gasteiger partial charge in [0.2, 0.25) is 10.0 Å². The summed E-state index contributed by atoms with van der Waals surface area (Å²) in [5, 5.41) is 0. The van der Waals surface area contributed by atoms with E-state index in [1.165, 1.54) is 11.3 Å². The van der Waals surface area contributed by atoms with E-state index >= 15 is 0 Å². The number of hydrogen-bond acceptors (Lipinski definition) is 5. The molecule has 0 amide bonds. The lowest BCUT2D eigenvalue weighted by Crippen LogP contribution is -2.27. The van der Waals surface area contributed by atoms with E-state index in [4.69, 9.17) is 10.5 Å². The van der Waals surface area contributed by atoms with E-state index in [-0.39, 0.29) is 13.2 Å². The highest BCUT2D eigenvalue weighted by atomic mass is 32.2. The van der Waals surface area contributed by atoms with E-state index in [1.807, 2.05) is 13.0 Å². The van der Waals surface area contributed by atoms with Gasteiger partial charge in [0.15, 0.2) is 0 Å². The number of rotatable bonds is 7. The first kappa shape index (κ1) is 15.8. The molecule has 0 fully saturated rings. The first-order valence-corrected chi connectivity index (χ1v) is 8.88. The Kier molecular flexibility index (Phi) is 5.22. The van der Waals surface area contributed by atoms with Crippen molar-refractivity contribution in [3.63, 3.8) is 0 Å². The lowest BCUT2D eigenvalue weighted by Gasteiger charge is -2.08. The van der Waals surface area contributed by atoms with Crippen molar-refractivity contribution in [2.75, 3.05) is 18.9 Å². The fraction of sp³-hybridized carbons (Fsp3) is 0.286. The molecule has 0 radical (unpaired) electrons. The molecule has 0 aliphatic carbocycles. The quantitative estimate of drug-likeness (QED) is 0.604. The number of nitrogen functional groups attached to an aromatic ring is 1. The summed E-state index contributed by atoms with van der Waals surface area (Å²) in [6.07, 6.45) is 0.832. The Morgan fingerprint density at radius 1 is 1.29 bits per heavy atom. The number of ether oxygens (including phenoxy) is 1. The fourth-order valence-electron chi connectivity index (χ4n) is 1.71. The highest BCUT2D eigenvalue weighted by Gasteiger charge is 2.15. The maximum Gasteiger partial charge on any atom is 0.250 e. The Labute approximate surface area is 128 Å². The summed E-state index contributed by atoms with van der Waals surface area (Å²) < 4.78 is 32.4. The molecule has 114 valence electrons. The van der Waals surface area contributed by atoms with E-state index in [0.717, 1.165) is 11.3 Å². The van der Waals surface area contributed by atoms with Crippen molar-refractivity contribution in [2.45, 2.75) is 17.6 Å². The van der Waals surface area contributed by atoms with E-state index in [1.54, 1.807) is 30.3 Å². The molecule has 0 bridgehead atoms. The van der Waals surface area contributed by atoms with Crippen molar-refractivity contribution >= 4 is 27.0 Å². The number of nitrogens with two attached hydrogens (primary N) is 1. The van der Waals surface area contributed by atoms with Crippen molar-refractivity contribution in [1.29, 1.82) is 0 Å². The predicted octanol–water partition coefficient (Wildman–Crippen LogP) is 2.25. The molecule has 0 spiro atoms. The Morgan fingerprint density at radius 3 is 2.76 bits per heavy atom. The molecule has 0 unspecified atom stereocenters. The molecule has 2 rings (SSSR count). The van der Waals surface area contributed by atoms with Crippen LogP contribution < -0.4 is 15.2 Å². The van der Waals surface area contributed by atoms with E-state index in [9.17, 15) is 8.42 Å². The lowest BCUT2D eigenvalue weighted by atomic mass is 10.3. The monoisotopic (exact) mass is 326 g/mol. The van der Waals surface area contributed by atoms with Crippen molar-refractivity contribution in [1.82, 2.24) is 4.72 Å². The average Bonchev–Trinajstić information content (AvgIpc) is 2.93. The molecule has 0 saturated carbocycles. The van der Waals surface area contributed by atoms with E-state index in [0.29, 0.717) is 15.6 Å². The van der Waals surface area contributed by atoms with Gasteiger partial charge < -0.3 is 10.5 Å². The third-order valence-corrected chi connectivity index (χ3v) is 5.95. The molecule has 1 aromatic heterocycles. The van der Waals surface area contributed by atoms with Gasteiger partial charge >= 0.3 is 0 Å². The maximum absolute atomic E-state index is 12.1. The van der Waals surface area contributed by atoms with Crippen LogP contribution in [0, 0.1) is 0 Å². The summed E-state index contributed by atoms with van der Waals surface area (Å²) in [7, 11) is -3.45. The molecule has 21 heavy (non-hydrogen) atoms. The second-order valence-electron chi connectivity index (χ2n) is 4.39. The van der Waals surface area contributed by atoms with Gasteiger partial charge in [-0.05, 0) is 30.7 Å². The topological polar surface area (TPSA) is 81.4 Å². The summed E-state index contributed by atoms with van der Waals surface area (Å²) in [5.41, 5.74) is 6.24. The lowest BCUT2D eigenvalue weighted by molar-refractivity contribution is 0.323. The van der Waals surface area contributed by atoms with Crippen LogP contribution in [0.3, 0.4) is 0 Å². The van der Waals surface area contributed by atoms with Crippen molar-refractivity contribution in [3.05, 3.63) is 41.3 Å². The summed E-state index contributed by atoms with van der Waals surface area (Å²) in [6, 6.07) is 10.5. The maximum atomic E-state index is 12.1. The number of hydrogen-bond donors (Lipinski definition) is 2. The molecule has 7 heteroatoms. The number of sulfonamides is 1. The standard InChI is InChI=1S/C14H18N2O3S2/c1-2-13-6-7-14(20-13)21(17,18)16-8-9-19-12-5-3-4-11(15)10-12/h3-7,10,16H,2,8-9,15H2,1H3. The van der Waals surface area contributed by atoms with Gasteiger partial charge in [-0.1, -0.05) is 13.0 Å². The minimum atomic E-state index is -3.45. The molecule has 0 atom stereocenters. The first-order valence-electron chi connectivity index (χ1n) is 6.58. The molecule has 0 aliphatic heterocycles. The normalized spacial score (nSPS) is 11.5. The van der Waals surface area contributed by atoms with Gasteiger partial charge in [0.05, 0.1) is 0 Å². The highest BCUT2D eigenvalue weighted by Crippen LogP contribution is 2.21. The minimum absolute atomic E-state index is 0.205. The summed E-state index contributed by atoms with van der Waals surface area (Å²) in [4.78, 5) is 1.05. The Hall–Kier alpha value is -1.57. The zero-order valence-corrected chi connectivity index (χ0v) is 13.3. The SMILES string of the molecule is CCc1ccc(S(=O)(=O)NCCOc2cccc(N)c2)s1. The Morgan fingerprint density at radius 2 is 2.10 bits per heavy atom. The molecule has 0 aliphatic rings. The van der Waals surface area contributed by atoms with Crippen LogP contribution in [-0.2, 0) is 16.4 Å². The third-order valence-electron chi connectivity index (χ3n) is 2.77. The largest absolute Gasteiger partial charge is 0.492 e. The molecule has 0 saturated heterocycles. The molecule has 1 heterocycles. The van der Waals surface area contributed by atoms with Gasteiger partial charge in [-0.15, -0.1) is 11.3 Å². The van der Waals surface area contributed by atoms with Crippen LogP contribution in [-0.4, -0.2) is 21.6 Å². The number of nitrogens with one attached hydrogen (secondary N) is 1. The van der Waals surface area contributed by atoms with Gasteiger partial charge in [0.25, 0.3) is 0 Å². The third kappa shape index (κ3) is 4.45. The van der Waals surface area contributed by atoms with Crippen LogP contribution in [0.25, 0.3) is 0 Å². The van der Waals surface area contributed by atoms with Crippen LogP contribution in [0.1, 0.15) is 11.8 Å². The zero-order chi connectivity index (χ0) is 15.3. The van der Waals surface area contributed by atoms with Crippen LogP contribution in [0.5, 0.6) is 5.75 Å². The van der Waals surface area contributed by atoms with Gasteiger partial charge in [-0.3, -0.25) is 0 Å². The summed E-state index contributed by atoms with van der Waals surface area (Å²) >= 11 is 1.29. The minimum Gasteiger partial charge on any atom is -0.492 e. The summed E-state index contributed by atoms with van der Waals surface area (Å²) in [6.45, 7) is 2.44. The first-order chi connectivity index (χ1) is 10.0. The van der Waals surface area contributed by atoms with E-state index in [2.05, 4.69) is 4.72 Å². The van der Waals surface area contributed by atoms with Crippen molar-refractivity contribution < 1.29 is 13.2 Å². The molecule has 2 aromatic rings. The molecule has 5 nitrogen and oxygen atoms in total. The molecule has 1 aromatic carbocycles. The highest BCUT2D eigenvalue weighted by molar-refractivity contribution is 7.91. The molecule has 3 N–H and O–H groups in total. The average molecular weight is 326 g/mol. The smallest absolute Gasteiger partial charge is 0.250 e. The second kappa shape index (κ2) is 6.93. The Balaban J connectivity index is 1.85. The van der Waals surface area contributed by atoms with Crippen molar-refractivity contribution in [3.8, 4) is 5.75 Å². The molecular weight excluding hydrogens is 308 g/mol. The number of anilines is 1. The van der Waals surface area contributed by atoms with Crippen molar-refractivity contribution in [2.24, 2.45) is 0 Å². The number of benzene rings is 1. The van der Waals surface area contributed by atoms with Gasteiger partial charge in [0, 0.05) is 23.2 Å². The van der Waals surface area contributed by atoms with Gasteiger partial charge in [-0.25, -0.2) is 13.1 Å². The fourth-order valence-corrected chi connectivity index (χ4v) is 4.07. The predicted molar refractivity (Wildman–Crippen MR) is 85.2 cm³/mol. The zero-order valence-electron chi connectivity index (χ0n) is 11.7. The Bertz CT molecular complexity index is 696. The second-order valence-corrected chi connectivity index (χ2v) is 7.56. The van der Waals surface area contributed by atoms with Crippen LogP contribution >= 0.6 is 11.3 Å².